The molecule has 2 saturated heterocycles. The quantitative estimate of drug-likeness (QED) is 0.0683. The van der Waals surface area contributed by atoms with E-state index in [0.717, 1.165) is 80.1 Å². The number of carbonyl (C=O) groups excluding carboxylic acids is 8. The van der Waals surface area contributed by atoms with E-state index < -0.39 is 128 Å². The molecule has 6 fully saturated rings. The highest BCUT2D eigenvalue weighted by Crippen LogP contribution is 2.76. The Kier molecular flexibility index (Phi) is 20.3. The first-order valence-corrected chi connectivity index (χ1v) is 28.3. The van der Waals surface area contributed by atoms with Crippen molar-refractivity contribution in [2.45, 2.75) is 249 Å². The highest BCUT2D eigenvalue weighted by Gasteiger charge is 2.72. The first-order chi connectivity index (χ1) is 36.3. The van der Waals surface area contributed by atoms with Crippen LogP contribution in [0.2, 0.25) is 0 Å². The summed E-state index contributed by atoms with van der Waals surface area (Å²) in [7, 11) is 0. The fourth-order valence-electron chi connectivity index (χ4n) is 15.8. The molecule has 20 nitrogen and oxygen atoms in total. The van der Waals surface area contributed by atoms with Gasteiger partial charge >= 0.3 is 47.8 Å². The lowest BCUT2D eigenvalue weighted by Gasteiger charge is -2.70. The van der Waals surface area contributed by atoms with E-state index in [1.807, 2.05) is 0 Å². The lowest BCUT2D eigenvalue weighted by molar-refractivity contribution is -0.379. The van der Waals surface area contributed by atoms with E-state index in [1.165, 1.54) is 26.7 Å². The minimum atomic E-state index is -1.81. The van der Waals surface area contributed by atoms with Gasteiger partial charge in [0.15, 0.2) is 49.2 Å². The molecule has 0 N–H and O–H groups in total. The topological polar surface area (TPSA) is 247 Å². The van der Waals surface area contributed by atoms with Gasteiger partial charge in [0, 0.05) is 61.3 Å². The average molecular weight is 1110 g/mol. The van der Waals surface area contributed by atoms with E-state index in [0.29, 0.717) is 30.6 Å². The first-order valence-electron chi connectivity index (χ1n) is 28.3. The zero-order valence-corrected chi connectivity index (χ0v) is 49.0. The molecule has 2 heterocycles. The maximum absolute atomic E-state index is 13.2. The molecule has 0 aromatic rings. The Morgan fingerprint density at radius 2 is 0.949 bits per heavy atom. The van der Waals surface area contributed by atoms with Crippen LogP contribution in [0.4, 0.5) is 0 Å². The zero-order valence-electron chi connectivity index (χ0n) is 49.0. The number of rotatable bonds is 19. The van der Waals surface area contributed by atoms with Crippen LogP contribution < -0.4 is 0 Å². The highest BCUT2D eigenvalue weighted by atomic mass is 16.8. The van der Waals surface area contributed by atoms with E-state index in [9.17, 15) is 38.4 Å². The Labute approximate surface area is 460 Å². The van der Waals surface area contributed by atoms with Crippen molar-refractivity contribution >= 4 is 47.8 Å². The Morgan fingerprint density at radius 3 is 1.44 bits per heavy atom. The van der Waals surface area contributed by atoms with Gasteiger partial charge in [0.05, 0.1) is 6.10 Å². The van der Waals surface area contributed by atoms with Crippen molar-refractivity contribution in [2.75, 3.05) is 13.2 Å². The zero-order chi connectivity index (χ0) is 58.0. The summed E-state index contributed by atoms with van der Waals surface area (Å²) in [6.07, 6.45) is -7.09. The number of esters is 8. The molecule has 442 valence electrons. The third-order valence-electron chi connectivity index (χ3n) is 19.0. The second kappa shape index (κ2) is 25.2. The maximum atomic E-state index is 13.2. The average Bonchev–Trinajstić information content (AvgIpc) is 3.75. The van der Waals surface area contributed by atoms with Gasteiger partial charge in [-0.1, -0.05) is 74.7 Å². The van der Waals surface area contributed by atoms with Crippen molar-refractivity contribution in [3.63, 3.8) is 0 Å². The second-order valence-electron chi connectivity index (χ2n) is 25.0. The van der Waals surface area contributed by atoms with Crippen molar-refractivity contribution < 1.29 is 95.2 Å². The van der Waals surface area contributed by atoms with Crippen molar-refractivity contribution in [2.24, 2.45) is 57.2 Å². The molecule has 0 bridgehead atoms. The fourth-order valence-corrected chi connectivity index (χ4v) is 15.8. The van der Waals surface area contributed by atoms with Crippen molar-refractivity contribution in [3.05, 3.63) is 0 Å². The number of fused-ring (bicyclic) bond motifs is 5. The van der Waals surface area contributed by atoms with E-state index in [-0.39, 0.29) is 46.1 Å². The number of carbonyl (C=O) groups is 8. The van der Waals surface area contributed by atoms with Gasteiger partial charge in [-0.15, -0.1) is 0 Å². The third-order valence-corrected chi connectivity index (χ3v) is 19.0. The normalized spacial score (nSPS) is 39.1. The molecule has 0 amide bonds. The van der Waals surface area contributed by atoms with E-state index in [1.54, 1.807) is 0 Å². The van der Waals surface area contributed by atoms with Gasteiger partial charge in [0.25, 0.3) is 0 Å². The number of ether oxygens (including phenoxy) is 12. The summed E-state index contributed by atoms with van der Waals surface area (Å²) >= 11 is 0. The van der Waals surface area contributed by atoms with Crippen molar-refractivity contribution in [1.82, 2.24) is 0 Å². The van der Waals surface area contributed by atoms with Crippen LogP contribution in [0.3, 0.4) is 0 Å². The SMILES string of the molecule is CC(=O)OC[C@H]1O[C@@H](O[C@H]2[C@H](O[C@H]3CC[C@]4(C)[C@H]5C[C@@H](OC(C)=O)[C@@H]6[C@@H]([C@H](C)CCCC(C)C)CC[C@@]6(C)[C@]5(C)CC[C@H]4C3(C)C)O[C@H](COC(C)=O)[C@@H](OC(C)=O)[C@@H]2OC(C)=O)[C@H](OC(C)=O)[C@@H](OC(C)=O)[C@@H]1OC(C)=O. The monoisotopic (exact) mass is 1110 g/mol. The molecular formula is C58H90O20. The van der Waals surface area contributed by atoms with Gasteiger partial charge in [-0.3, -0.25) is 38.4 Å². The summed E-state index contributed by atoms with van der Waals surface area (Å²) in [5, 5.41) is 0. The van der Waals surface area contributed by atoms with Gasteiger partial charge in [0.1, 0.15) is 31.5 Å². The smallest absolute Gasteiger partial charge is 0.303 e. The van der Waals surface area contributed by atoms with Gasteiger partial charge < -0.3 is 56.8 Å². The maximum Gasteiger partial charge on any atom is 0.303 e. The fraction of sp³-hybridized carbons (Fsp3) is 0.862. The van der Waals surface area contributed by atoms with Crippen LogP contribution in [0.25, 0.3) is 0 Å². The van der Waals surface area contributed by atoms with Crippen LogP contribution in [0.5, 0.6) is 0 Å². The van der Waals surface area contributed by atoms with Crippen LogP contribution in [-0.4, -0.2) is 135 Å². The molecule has 6 rings (SSSR count). The molecule has 0 aromatic heterocycles. The van der Waals surface area contributed by atoms with Crippen LogP contribution in [0.1, 0.15) is 175 Å². The van der Waals surface area contributed by atoms with Crippen LogP contribution in [-0.2, 0) is 95.2 Å². The van der Waals surface area contributed by atoms with Crippen LogP contribution in [0, 0.1) is 57.2 Å². The molecule has 20 heteroatoms. The Balaban J connectivity index is 1.41. The number of hydrogen-bond acceptors (Lipinski definition) is 20. The second-order valence-corrected chi connectivity index (χ2v) is 25.0. The summed E-state index contributed by atoms with van der Waals surface area (Å²) in [5.74, 6) is -3.92. The molecule has 0 unspecified atom stereocenters. The molecule has 20 atom stereocenters. The Bertz CT molecular complexity index is 2190. The molecule has 4 saturated carbocycles. The molecule has 0 spiro atoms. The van der Waals surface area contributed by atoms with Gasteiger partial charge in [-0.2, -0.15) is 0 Å². The largest absolute Gasteiger partial charge is 0.463 e. The lowest BCUT2D eigenvalue weighted by Crippen LogP contribution is -2.68. The molecule has 4 aliphatic carbocycles. The van der Waals surface area contributed by atoms with Crippen molar-refractivity contribution in [1.29, 1.82) is 0 Å². The van der Waals surface area contributed by atoms with Crippen LogP contribution in [0.15, 0.2) is 0 Å². The number of hydrogen-bond donors (Lipinski definition) is 0. The molecule has 78 heavy (non-hydrogen) atoms. The first kappa shape index (κ1) is 62.8. The summed E-state index contributed by atoms with van der Waals surface area (Å²) in [5.41, 5.74) is -1.02. The molecule has 0 aromatic carbocycles. The molecule has 0 radical (unpaired) electrons. The highest BCUT2D eigenvalue weighted by molar-refractivity contribution is 5.69. The third kappa shape index (κ3) is 13.5. The Hall–Kier alpha value is -4.40. The minimum Gasteiger partial charge on any atom is -0.463 e. The standard InChI is InChI=1S/C58H90O20/c1-29(2)18-17-19-30(3)39-20-24-58(16)46(39)40(69-33(6)61)26-44-56(14)23-22-45(55(12,13)43(56)21-25-57(44,58)15)77-53-52(50(73-37(10)65)48(71-35(8)63)41(75-53)27-67-31(4)59)78-54-51(74-38(11)66)49(72-36(9)64)47(70-34(7)62)42(76-54)28-68-32(5)60/h29-30,39-54H,17-28H2,1-16H3/t30-,39-,40-,41-,42-,43+,44-,45+,46+,47-,48-,49+,50+,51-,52-,53+,54+,56+,57-,58-/m1/s1. The molecular weight excluding hydrogens is 1020 g/mol. The predicted molar refractivity (Wildman–Crippen MR) is 276 cm³/mol. The summed E-state index contributed by atoms with van der Waals surface area (Å²) < 4.78 is 73.2. The predicted octanol–water partition coefficient (Wildman–Crippen LogP) is 7.68. The van der Waals surface area contributed by atoms with Gasteiger partial charge in [-0.05, 0) is 96.2 Å². The van der Waals surface area contributed by atoms with Gasteiger partial charge in [0.2, 0.25) is 0 Å². The minimum absolute atomic E-state index is 0.0599. The Morgan fingerprint density at radius 1 is 0.487 bits per heavy atom. The van der Waals surface area contributed by atoms with E-state index in [2.05, 4.69) is 55.4 Å². The lowest BCUT2D eigenvalue weighted by atomic mass is 9.35. The molecule has 2 aliphatic heterocycles. The van der Waals surface area contributed by atoms with Crippen molar-refractivity contribution in [3.8, 4) is 0 Å². The summed E-state index contributed by atoms with van der Waals surface area (Å²) in [4.78, 5) is 102. The van der Waals surface area contributed by atoms with E-state index >= 15 is 0 Å². The van der Waals surface area contributed by atoms with Crippen LogP contribution >= 0.6 is 0 Å². The molecule has 6 aliphatic rings. The van der Waals surface area contributed by atoms with E-state index in [4.69, 9.17) is 56.8 Å². The van der Waals surface area contributed by atoms with Gasteiger partial charge in [-0.25, -0.2) is 0 Å². The summed E-state index contributed by atoms with van der Waals surface area (Å²) in [6, 6.07) is 0. The summed E-state index contributed by atoms with van der Waals surface area (Å²) in [6.45, 7) is 27.0.